The number of carbonyl (C=O) groups excluding carboxylic acids is 1. The zero-order valence-corrected chi connectivity index (χ0v) is 9.87. The first kappa shape index (κ1) is 12.3. The summed E-state index contributed by atoms with van der Waals surface area (Å²) in [7, 11) is 1.32. The third kappa shape index (κ3) is 2.55. The number of aromatic nitrogens is 2. The van der Waals surface area contributed by atoms with Crippen molar-refractivity contribution in [3.63, 3.8) is 0 Å². The molecule has 0 bridgehead atoms. The molecule has 1 saturated heterocycles. The van der Waals surface area contributed by atoms with Crippen molar-refractivity contribution in [1.82, 2.24) is 9.97 Å². The van der Waals surface area contributed by atoms with Crippen LogP contribution in [0.2, 0.25) is 0 Å². The van der Waals surface area contributed by atoms with E-state index in [4.69, 9.17) is 10.00 Å². The summed E-state index contributed by atoms with van der Waals surface area (Å²) in [6.45, 7) is 1.28. The van der Waals surface area contributed by atoms with Gasteiger partial charge in [-0.3, -0.25) is 0 Å². The van der Waals surface area contributed by atoms with Crippen molar-refractivity contribution >= 4 is 11.9 Å². The highest BCUT2D eigenvalue weighted by molar-refractivity contribution is 5.75. The predicted molar refractivity (Wildman–Crippen MR) is 60.7 cm³/mol. The minimum absolute atomic E-state index is 0.293. The van der Waals surface area contributed by atoms with Gasteiger partial charge in [0.2, 0.25) is 5.95 Å². The zero-order chi connectivity index (χ0) is 13.0. The number of morpholine rings is 1. The van der Waals surface area contributed by atoms with Crippen LogP contribution in [-0.4, -0.2) is 48.8 Å². The van der Waals surface area contributed by atoms with Crippen LogP contribution in [-0.2, 0) is 14.3 Å². The van der Waals surface area contributed by atoms with Gasteiger partial charge < -0.3 is 14.4 Å². The van der Waals surface area contributed by atoms with Crippen LogP contribution < -0.4 is 4.90 Å². The quantitative estimate of drug-likeness (QED) is 0.665. The number of rotatable bonds is 2. The molecule has 1 unspecified atom stereocenters. The van der Waals surface area contributed by atoms with Gasteiger partial charge in [0.1, 0.15) is 11.8 Å². The van der Waals surface area contributed by atoms with Crippen molar-refractivity contribution in [3.8, 4) is 6.07 Å². The van der Waals surface area contributed by atoms with Gasteiger partial charge >= 0.3 is 5.97 Å². The first-order chi connectivity index (χ1) is 8.74. The Morgan fingerprint density at radius 2 is 2.56 bits per heavy atom. The molecule has 1 fully saturated rings. The van der Waals surface area contributed by atoms with Crippen LogP contribution in [0, 0.1) is 11.3 Å². The van der Waals surface area contributed by atoms with Crippen molar-refractivity contribution in [2.24, 2.45) is 0 Å². The lowest BCUT2D eigenvalue weighted by molar-refractivity contribution is -0.154. The normalized spacial score (nSPS) is 19.1. The van der Waals surface area contributed by atoms with E-state index in [0.29, 0.717) is 31.3 Å². The van der Waals surface area contributed by atoms with Crippen LogP contribution >= 0.6 is 0 Å². The number of carbonyl (C=O) groups is 1. The highest BCUT2D eigenvalue weighted by atomic mass is 16.6. The van der Waals surface area contributed by atoms with Gasteiger partial charge in [-0.15, -0.1) is 0 Å². The van der Waals surface area contributed by atoms with Gasteiger partial charge in [0.05, 0.1) is 20.3 Å². The molecule has 1 aliphatic heterocycles. The van der Waals surface area contributed by atoms with Gasteiger partial charge in [-0.25, -0.2) is 14.8 Å². The van der Waals surface area contributed by atoms with Gasteiger partial charge in [-0.05, 0) is 6.07 Å². The van der Waals surface area contributed by atoms with Crippen molar-refractivity contribution < 1.29 is 14.3 Å². The summed E-state index contributed by atoms with van der Waals surface area (Å²) in [5.41, 5.74) is 0.293. The summed E-state index contributed by atoms with van der Waals surface area (Å²) in [5.74, 6) is 0.00221. The summed E-state index contributed by atoms with van der Waals surface area (Å²) in [6, 6.07) is 3.48. The van der Waals surface area contributed by atoms with E-state index in [2.05, 4.69) is 14.7 Å². The lowest BCUT2D eigenvalue weighted by atomic mass is 10.3. The molecule has 1 aliphatic rings. The fourth-order valence-corrected chi connectivity index (χ4v) is 1.67. The highest BCUT2D eigenvalue weighted by Crippen LogP contribution is 2.13. The Balaban J connectivity index is 2.13. The fourth-order valence-electron chi connectivity index (χ4n) is 1.67. The van der Waals surface area contributed by atoms with E-state index >= 15 is 0 Å². The molecule has 0 aromatic carbocycles. The molecule has 0 saturated carbocycles. The molecule has 0 N–H and O–H groups in total. The predicted octanol–water partition coefficient (Wildman–Crippen LogP) is -0.274. The first-order valence-electron chi connectivity index (χ1n) is 5.42. The third-order valence-corrected chi connectivity index (χ3v) is 2.57. The molecule has 2 rings (SSSR count). The molecule has 0 aliphatic carbocycles. The summed E-state index contributed by atoms with van der Waals surface area (Å²) < 4.78 is 9.94. The Morgan fingerprint density at radius 1 is 1.72 bits per heavy atom. The minimum Gasteiger partial charge on any atom is -0.467 e. The number of nitriles is 1. The van der Waals surface area contributed by atoms with Crippen LogP contribution in [0.5, 0.6) is 0 Å². The van der Waals surface area contributed by atoms with Crippen LogP contribution in [0.4, 0.5) is 5.95 Å². The summed E-state index contributed by atoms with van der Waals surface area (Å²) in [4.78, 5) is 21.4. The van der Waals surface area contributed by atoms with Gasteiger partial charge in [0.25, 0.3) is 0 Å². The summed E-state index contributed by atoms with van der Waals surface area (Å²) in [5, 5.41) is 8.78. The van der Waals surface area contributed by atoms with Crippen LogP contribution in [0.15, 0.2) is 12.3 Å². The van der Waals surface area contributed by atoms with Crippen LogP contribution in [0.25, 0.3) is 0 Å². The van der Waals surface area contributed by atoms with E-state index in [1.807, 2.05) is 6.07 Å². The number of anilines is 1. The molecule has 18 heavy (non-hydrogen) atoms. The molecular weight excluding hydrogens is 236 g/mol. The molecule has 1 atom stereocenters. The van der Waals surface area contributed by atoms with E-state index in [1.54, 1.807) is 4.90 Å². The topological polar surface area (TPSA) is 88.3 Å². The molecule has 0 amide bonds. The maximum Gasteiger partial charge on any atom is 0.336 e. The van der Waals surface area contributed by atoms with Crippen LogP contribution in [0.1, 0.15) is 5.69 Å². The lowest BCUT2D eigenvalue weighted by Crippen LogP contribution is -2.47. The smallest absolute Gasteiger partial charge is 0.336 e. The van der Waals surface area contributed by atoms with Gasteiger partial charge in [-0.2, -0.15) is 5.26 Å². The Kier molecular flexibility index (Phi) is 3.69. The molecule has 1 aromatic heterocycles. The first-order valence-corrected chi connectivity index (χ1v) is 5.42. The molecule has 2 heterocycles. The highest BCUT2D eigenvalue weighted by Gasteiger charge is 2.28. The number of methoxy groups -OCH3 is 1. The molecule has 1 aromatic rings. The molecule has 7 nitrogen and oxygen atoms in total. The lowest BCUT2D eigenvalue weighted by Gasteiger charge is -2.31. The van der Waals surface area contributed by atoms with E-state index in [9.17, 15) is 4.79 Å². The fraction of sp³-hybridized carbons (Fsp3) is 0.455. The van der Waals surface area contributed by atoms with E-state index in [0.717, 1.165) is 0 Å². The van der Waals surface area contributed by atoms with Crippen molar-refractivity contribution in [2.75, 3.05) is 31.7 Å². The monoisotopic (exact) mass is 248 g/mol. The van der Waals surface area contributed by atoms with Gasteiger partial charge in [-0.1, -0.05) is 0 Å². The standard InChI is InChI=1S/C11H12N4O3/c1-17-10(16)9-7-15(4-5-18-9)11-13-3-2-8(6-12)14-11/h2-3,9H,4-5,7H2,1H3. The maximum atomic E-state index is 11.4. The summed E-state index contributed by atoms with van der Waals surface area (Å²) >= 11 is 0. The van der Waals surface area contributed by atoms with Crippen molar-refractivity contribution in [1.29, 1.82) is 5.26 Å². The van der Waals surface area contributed by atoms with E-state index in [1.165, 1.54) is 19.4 Å². The molecule has 0 radical (unpaired) electrons. The third-order valence-electron chi connectivity index (χ3n) is 2.57. The Bertz CT molecular complexity index is 485. The molecule has 7 heteroatoms. The van der Waals surface area contributed by atoms with E-state index < -0.39 is 12.1 Å². The second-order valence-corrected chi connectivity index (χ2v) is 3.68. The number of esters is 1. The largest absolute Gasteiger partial charge is 0.467 e. The number of hydrogen-bond donors (Lipinski definition) is 0. The number of nitrogens with zero attached hydrogens (tertiary/aromatic N) is 4. The maximum absolute atomic E-state index is 11.4. The Morgan fingerprint density at radius 3 is 3.28 bits per heavy atom. The average molecular weight is 248 g/mol. The van der Waals surface area contributed by atoms with Gasteiger partial charge in [0.15, 0.2) is 6.10 Å². The second kappa shape index (κ2) is 5.42. The SMILES string of the molecule is COC(=O)C1CN(c2nccc(C#N)n2)CCO1. The molecule has 94 valence electrons. The second-order valence-electron chi connectivity index (χ2n) is 3.68. The minimum atomic E-state index is -0.641. The van der Waals surface area contributed by atoms with Crippen LogP contribution in [0.3, 0.4) is 0 Å². The number of hydrogen-bond acceptors (Lipinski definition) is 7. The van der Waals surface area contributed by atoms with Crippen molar-refractivity contribution in [2.45, 2.75) is 6.10 Å². The Hall–Kier alpha value is -2.20. The Labute approximate surface area is 104 Å². The summed E-state index contributed by atoms with van der Waals surface area (Å²) in [6.07, 6.45) is 0.877. The zero-order valence-electron chi connectivity index (χ0n) is 9.87. The van der Waals surface area contributed by atoms with Gasteiger partial charge in [0, 0.05) is 12.7 Å². The molecule has 0 spiro atoms. The average Bonchev–Trinajstić information content (AvgIpc) is 2.46. The number of ether oxygens (including phenoxy) is 2. The van der Waals surface area contributed by atoms with Crippen molar-refractivity contribution in [3.05, 3.63) is 18.0 Å². The molecular formula is C11H12N4O3. The van der Waals surface area contributed by atoms with E-state index in [-0.39, 0.29) is 0 Å².